The van der Waals surface area contributed by atoms with E-state index in [4.69, 9.17) is 0 Å². The molecule has 0 atom stereocenters. The van der Waals surface area contributed by atoms with Crippen LogP contribution in [-0.4, -0.2) is 40.5 Å². The van der Waals surface area contributed by atoms with Crippen molar-refractivity contribution in [2.75, 3.05) is 19.6 Å². The molecule has 1 amide bonds. The molecule has 0 saturated carbocycles. The van der Waals surface area contributed by atoms with Crippen LogP contribution in [0.15, 0.2) is 30.5 Å². The number of aryl methyl sites for hydroxylation is 1. The summed E-state index contributed by atoms with van der Waals surface area (Å²) in [6.45, 7) is 4.45. The van der Waals surface area contributed by atoms with Gasteiger partial charge in [-0.3, -0.25) is 4.79 Å². The van der Waals surface area contributed by atoms with Crippen LogP contribution >= 0.6 is 0 Å². The molecule has 1 aromatic heterocycles. The fraction of sp³-hybridized carbons (Fsp3) is 0.400. The number of hydrogen-bond acceptors (Lipinski definition) is 4. The quantitative estimate of drug-likeness (QED) is 0.848. The highest BCUT2D eigenvalue weighted by molar-refractivity contribution is 5.91. The van der Waals surface area contributed by atoms with Gasteiger partial charge in [-0.25, -0.2) is 4.68 Å². The fourth-order valence-corrected chi connectivity index (χ4v) is 2.31. The summed E-state index contributed by atoms with van der Waals surface area (Å²) in [6.07, 6.45) is 2.54. The van der Waals surface area contributed by atoms with Crippen molar-refractivity contribution in [3.05, 3.63) is 47.3 Å². The minimum Gasteiger partial charge on any atom is -0.350 e. The topological polar surface area (TPSA) is 71.8 Å². The van der Waals surface area contributed by atoms with Crippen molar-refractivity contribution in [1.82, 2.24) is 25.6 Å². The van der Waals surface area contributed by atoms with E-state index in [9.17, 15) is 4.79 Å². The van der Waals surface area contributed by atoms with Crippen molar-refractivity contribution in [3.8, 4) is 0 Å². The largest absolute Gasteiger partial charge is 0.350 e. The molecular weight excluding hydrogens is 266 g/mol. The van der Waals surface area contributed by atoms with Crippen LogP contribution in [0.5, 0.6) is 0 Å². The van der Waals surface area contributed by atoms with Crippen LogP contribution in [0.3, 0.4) is 0 Å². The Morgan fingerprint density at radius 3 is 2.95 bits per heavy atom. The van der Waals surface area contributed by atoms with Gasteiger partial charge < -0.3 is 10.6 Å². The summed E-state index contributed by atoms with van der Waals surface area (Å²) in [5.41, 5.74) is 2.88. The molecule has 2 N–H and O–H groups in total. The molecule has 21 heavy (non-hydrogen) atoms. The Morgan fingerprint density at radius 2 is 2.24 bits per heavy atom. The molecule has 2 heterocycles. The first-order valence-electron chi connectivity index (χ1n) is 7.19. The maximum atomic E-state index is 12.0. The zero-order valence-corrected chi connectivity index (χ0v) is 12.0. The van der Waals surface area contributed by atoms with Crippen LogP contribution in [0, 0.1) is 6.92 Å². The van der Waals surface area contributed by atoms with E-state index in [1.54, 1.807) is 10.9 Å². The van der Waals surface area contributed by atoms with Gasteiger partial charge >= 0.3 is 0 Å². The number of carbonyl (C=O) groups excluding carboxylic acids is 1. The number of rotatable bonds is 5. The molecule has 110 valence electrons. The molecule has 6 nitrogen and oxygen atoms in total. The van der Waals surface area contributed by atoms with Gasteiger partial charge in [-0.2, -0.15) is 0 Å². The number of nitrogens with one attached hydrogen (secondary N) is 2. The van der Waals surface area contributed by atoms with Gasteiger partial charge in [0.15, 0.2) is 5.69 Å². The lowest BCUT2D eigenvalue weighted by atomic mass is 10.1. The van der Waals surface area contributed by atoms with E-state index in [2.05, 4.69) is 40.0 Å². The molecule has 3 rings (SSSR count). The first-order valence-corrected chi connectivity index (χ1v) is 7.19. The monoisotopic (exact) mass is 285 g/mol. The van der Waals surface area contributed by atoms with Gasteiger partial charge in [-0.05, 0) is 24.5 Å². The van der Waals surface area contributed by atoms with Crippen molar-refractivity contribution in [3.63, 3.8) is 0 Å². The average Bonchev–Trinajstić information content (AvgIpc) is 2.88. The number of nitrogens with zero attached hydrogens (tertiary/aromatic N) is 3. The lowest BCUT2D eigenvalue weighted by Gasteiger charge is -2.26. The second-order valence-electron chi connectivity index (χ2n) is 5.33. The van der Waals surface area contributed by atoms with Gasteiger partial charge in [0.05, 0.1) is 12.2 Å². The third-order valence-electron chi connectivity index (χ3n) is 3.82. The third-order valence-corrected chi connectivity index (χ3v) is 3.82. The predicted octanol–water partition coefficient (Wildman–Crippen LogP) is 0.703. The summed E-state index contributed by atoms with van der Waals surface area (Å²) in [6, 6.07) is 8.52. The first kappa shape index (κ1) is 13.8. The van der Waals surface area contributed by atoms with E-state index in [1.807, 2.05) is 12.1 Å². The highest BCUT2D eigenvalue weighted by atomic mass is 16.2. The van der Waals surface area contributed by atoms with E-state index in [0.29, 0.717) is 18.3 Å². The standard InChI is InChI=1S/C15H19N5O/c1-11-4-2-3-5-12(11)6-7-17-15(21)14-10-20(19-18-14)13-8-16-9-13/h2-5,10,13,16H,6-9H2,1H3,(H,17,21). The Kier molecular flexibility index (Phi) is 3.96. The Balaban J connectivity index is 1.52. The number of aromatic nitrogens is 3. The molecule has 1 aromatic carbocycles. The fourth-order valence-electron chi connectivity index (χ4n) is 2.31. The summed E-state index contributed by atoms with van der Waals surface area (Å²) in [4.78, 5) is 12.0. The van der Waals surface area contributed by atoms with Crippen LogP contribution < -0.4 is 10.6 Å². The van der Waals surface area contributed by atoms with E-state index in [-0.39, 0.29) is 5.91 Å². The van der Waals surface area contributed by atoms with Gasteiger partial charge in [0, 0.05) is 19.6 Å². The molecule has 0 aliphatic carbocycles. The molecule has 1 fully saturated rings. The van der Waals surface area contributed by atoms with E-state index in [0.717, 1.165) is 19.5 Å². The van der Waals surface area contributed by atoms with E-state index < -0.39 is 0 Å². The summed E-state index contributed by atoms with van der Waals surface area (Å²) >= 11 is 0. The highest BCUT2D eigenvalue weighted by Gasteiger charge is 2.21. The Morgan fingerprint density at radius 1 is 1.43 bits per heavy atom. The normalized spacial score (nSPS) is 14.7. The second kappa shape index (κ2) is 6.05. The van der Waals surface area contributed by atoms with Gasteiger partial charge in [0.1, 0.15) is 0 Å². The summed E-state index contributed by atoms with van der Waals surface area (Å²) in [5, 5.41) is 14.0. The number of carbonyl (C=O) groups is 1. The zero-order chi connectivity index (χ0) is 14.7. The molecule has 1 aliphatic rings. The summed E-state index contributed by atoms with van der Waals surface area (Å²) < 4.78 is 1.76. The van der Waals surface area contributed by atoms with Crippen molar-refractivity contribution >= 4 is 5.91 Å². The second-order valence-corrected chi connectivity index (χ2v) is 5.33. The van der Waals surface area contributed by atoms with Crippen LogP contribution in [0.2, 0.25) is 0 Å². The zero-order valence-electron chi connectivity index (χ0n) is 12.0. The number of amides is 1. The first-order chi connectivity index (χ1) is 10.2. The van der Waals surface area contributed by atoms with Crippen molar-refractivity contribution in [1.29, 1.82) is 0 Å². The molecule has 0 unspecified atom stereocenters. The summed E-state index contributed by atoms with van der Waals surface area (Å²) in [7, 11) is 0. The molecule has 0 bridgehead atoms. The summed E-state index contributed by atoms with van der Waals surface area (Å²) in [5.74, 6) is -0.165. The van der Waals surface area contributed by atoms with Crippen LogP contribution in [-0.2, 0) is 6.42 Å². The number of benzene rings is 1. The Bertz CT molecular complexity index is 632. The number of hydrogen-bond donors (Lipinski definition) is 2. The van der Waals surface area contributed by atoms with Gasteiger partial charge in [0.25, 0.3) is 5.91 Å². The lowest BCUT2D eigenvalue weighted by molar-refractivity contribution is 0.0949. The SMILES string of the molecule is Cc1ccccc1CCNC(=O)c1cn(C2CNC2)nn1. The maximum Gasteiger partial charge on any atom is 0.273 e. The van der Waals surface area contributed by atoms with Crippen LogP contribution in [0.25, 0.3) is 0 Å². The smallest absolute Gasteiger partial charge is 0.273 e. The lowest BCUT2D eigenvalue weighted by Crippen LogP contribution is -2.43. The molecule has 2 aromatic rings. The highest BCUT2D eigenvalue weighted by Crippen LogP contribution is 2.10. The molecule has 0 radical (unpaired) electrons. The molecule has 6 heteroatoms. The van der Waals surface area contributed by atoms with Crippen LogP contribution in [0.1, 0.15) is 27.7 Å². The van der Waals surface area contributed by atoms with Crippen molar-refractivity contribution < 1.29 is 4.79 Å². The third kappa shape index (κ3) is 3.11. The molecular formula is C15H19N5O. The predicted molar refractivity (Wildman–Crippen MR) is 79.1 cm³/mol. The Hall–Kier alpha value is -2.21. The van der Waals surface area contributed by atoms with Crippen molar-refractivity contribution in [2.24, 2.45) is 0 Å². The Labute approximate surface area is 123 Å². The molecule has 1 aliphatic heterocycles. The van der Waals surface area contributed by atoms with Gasteiger partial charge in [-0.15, -0.1) is 5.10 Å². The van der Waals surface area contributed by atoms with Gasteiger partial charge in [0.2, 0.25) is 0 Å². The van der Waals surface area contributed by atoms with Crippen molar-refractivity contribution in [2.45, 2.75) is 19.4 Å². The average molecular weight is 285 g/mol. The van der Waals surface area contributed by atoms with Crippen LogP contribution in [0.4, 0.5) is 0 Å². The maximum absolute atomic E-state index is 12.0. The minimum absolute atomic E-state index is 0.165. The molecule has 0 spiro atoms. The van der Waals surface area contributed by atoms with Gasteiger partial charge in [-0.1, -0.05) is 29.5 Å². The minimum atomic E-state index is -0.165. The van der Waals surface area contributed by atoms with E-state index >= 15 is 0 Å². The molecule has 1 saturated heterocycles. The van der Waals surface area contributed by atoms with E-state index in [1.165, 1.54) is 11.1 Å².